The van der Waals surface area contributed by atoms with Gasteiger partial charge >= 0.3 is 5.97 Å². The summed E-state index contributed by atoms with van der Waals surface area (Å²) in [6.07, 6.45) is 0. The van der Waals surface area contributed by atoms with Gasteiger partial charge in [0.15, 0.2) is 12.3 Å². The Kier molecular flexibility index (Phi) is 5.12. The summed E-state index contributed by atoms with van der Waals surface area (Å²) in [5.41, 5.74) is 2.42. The number of carbonyl (C=O) groups excluding carboxylic acids is 2. The molecular weight excluding hydrogens is 332 g/mol. The van der Waals surface area contributed by atoms with Crippen LogP contribution in [-0.2, 0) is 9.53 Å². The van der Waals surface area contributed by atoms with Gasteiger partial charge < -0.3 is 14.5 Å². The zero-order valence-corrected chi connectivity index (χ0v) is 14.5. The molecular formula is C20H18N2O4. The van der Waals surface area contributed by atoms with E-state index in [0.717, 1.165) is 11.1 Å². The number of aromatic nitrogens is 1. The number of hydrogen-bond donors (Lipinski definition) is 1. The Morgan fingerprint density at radius 2 is 1.73 bits per heavy atom. The van der Waals surface area contributed by atoms with Crippen molar-refractivity contribution >= 4 is 17.6 Å². The van der Waals surface area contributed by atoms with Gasteiger partial charge in [-0.2, -0.15) is 0 Å². The van der Waals surface area contributed by atoms with Crippen LogP contribution in [0.2, 0.25) is 0 Å². The Bertz CT molecular complexity index is 932. The number of carbonyl (C=O) groups is 2. The third-order valence-electron chi connectivity index (χ3n) is 3.76. The van der Waals surface area contributed by atoms with Crippen molar-refractivity contribution in [3.63, 3.8) is 0 Å². The van der Waals surface area contributed by atoms with E-state index in [-0.39, 0.29) is 5.69 Å². The molecule has 6 nitrogen and oxygen atoms in total. The van der Waals surface area contributed by atoms with Crippen molar-refractivity contribution in [2.45, 2.75) is 13.8 Å². The van der Waals surface area contributed by atoms with E-state index >= 15 is 0 Å². The van der Waals surface area contributed by atoms with Crippen LogP contribution in [0.5, 0.6) is 0 Å². The molecule has 2 aromatic carbocycles. The summed E-state index contributed by atoms with van der Waals surface area (Å²) >= 11 is 0. The molecule has 1 aromatic heterocycles. The number of nitrogens with zero attached hydrogens (tertiary/aromatic N) is 1. The molecule has 6 heteroatoms. The van der Waals surface area contributed by atoms with E-state index in [2.05, 4.69) is 10.3 Å². The van der Waals surface area contributed by atoms with E-state index in [4.69, 9.17) is 9.15 Å². The fourth-order valence-electron chi connectivity index (χ4n) is 2.39. The smallest absolute Gasteiger partial charge is 0.361 e. The quantitative estimate of drug-likeness (QED) is 0.709. The monoisotopic (exact) mass is 350 g/mol. The average molecular weight is 350 g/mol. The van der Waals surface area contributed by atoms with Gasteiger partial charge in [-0.1, -0.05) is 36.4 Å². The second kappa shape index (κ2) is 7.65. The first-order chi connectivity index (χ1) is 12.5. The second-order valence-electron chi connectivity index (χ2n) is 5.73. The van der Waals surface area contributed by atoms with Crippen LogP contribution in [0.1, 0.15) is 21.8 Å². The van der Waals surface area contributed by atoms with Gasteiger partial charge in [0, 0.05) is 11.3 Å². The normalized spacial score (nSPS) is 10.4. The Balaban J connectivity index is 1.63. The van der Waals surface area contributed by atoms with Gasteiger partial charge in [-0.3, -0.25) is 4.79 Å². The van der Waals surface area contributed by atoms with Crippen LogP contribution < -0.4 is 5.32 Å². The predicted molar refractivity (Wildman–Crippen MR) is 96.8 cm³/mol. The molecule has 1 N–H and O–H groups in total. The number of esters is 1. The highest BCUT2D eigenvalue weighted by Gasteiger charge is 2.20. The molecule has 26 heavy (non-hydrogen) atoms. The van der Waals surface area contributed by atoms with Crippen molar-refractivity contribution in [2.24, 2.45) is 0 Å². The summed E-state index contributed by atoms with van der Waals surface area (Å²) in [5, 5.41) is 2.70. The summed E-state index contributed by atoms with van der Waals surface area (Å²) in [6, 6.07) is 16.6. The lowest BCUT2D eigenvalue weighted by molar-refractivity contribution is -0.119. The number of benzene rings is 2. The number of para-hydroxylation sites is 1. The van der Waals surface area contributed by atoms with E-state index in [1.165, 1.54) is 0 Å². The molecule has 1 heterocycles. The van der Waals surface area contributed by atoms with Crippen molar-refractivity contribution in [3.8, 4) is 11.5 Å². The maximum Gasteiger partial charge on any atom is 0.361 e. The molecule has 0 saturated carbocycles. The summed E-state index contributed by atoms with van der Waals surface area (Å²) in [4.78, 5) is 28.4. The molecule has 0 aliphatic rings. The Morgan fingerprint density at radius 1 is 1.04 bits per heavy atom. The summed E-state index contributed by atoms with van der Waals surface area (Å²) in [5.74, 6) is -0.446. The van der Waals surface area contributed by atoms with Gasteiger partial charge in [0.2, 0.25) is 5.89 Å². The minimum Gasteiger partial charge on any atom is -0.451 e. The Labute approximate surface area is 150 Å². The zero-order valence-electron chi connectivity index (χ0n) is 14.5. The number of ether oxygens (including phenoxy) is 1. The van der Waals surface area contributed by atoms with Gasteiger partial charge in [-0.25, -0.2) is 9.78 Å². The van der Waals surface area contributed by atoms with Crippen molar-refractivity contribution in [2.75, 3.05) is 11.9 Å². The van der Waals surface area contributed by atoms with E-state index in [1.807, 2.05) is 55.5 Å². The van der Waals surface area contributed by atoms with Crippen LogP contribution in [0.25, 0.3) is 11.5 Å². The van der Waals surface area contributed by atoms with Crippen LogP contribution >= 0.6 is 0 Å². The second-order valence-corrected chi connectivity index (χ2v) is 5.73. The lowest BCUT2D eigenvalue weighted by Crippen LogP contribution is -2.21. The van der Waals surface area contributed by atoms with Crippen LogP contribution in [-0.4, -0.2) is 23.5 Å². The maximum absolute atomic E-state index is 12.2. The third-order valence-corrected chi connectivity index (χ3v) is 3.76. The number of hydrogen-bond acceptors (Lipinski definition) is 5. The zero-order chi connectivity index (χ0) is 18.5. The number of amides is 1. The highest BCUT2D eigenvalue weighted by molar-refractivity contribution is 5.95. The first-order valence-electron chi connectivity index (χ1n) is 8.10. The summed E-state index contributed by atoms with van der Waals surface area (Å²) in [7, 11) is 0. The topological polar surface area (TPSA) is 81.4 Å². The maximum atomic E-state index is 12.2. The first-order valence-corrected chi connectivity index (χ1v) is 8.10. The number of nitrogens with one attached hydrogen (secondary N) is 1. The summed E-state index contributed by atoms with van der Waals surface area (Å²) < 4.78 is 10.6. The van der Waals surface area contributed by atoms with E-state index in [1.54, 1.807) is 13.0 Å². The number of rotatable bonds is 5. The molecule has 0 saturated heterocycles. The minimum absolute atomic E-state index is 0.0625. The fraction of sp³-hybridized carbons (Fsp3) is 0.150. The fourth-order valence-corrected chi connectivity index (χ4v) is 2.39. The van der Waals surface area contributed by atoms with Crippen molar-refractivity contribution in [1.29, 1.82) is 0 Å². The number of aryl methyl sites for hydroxylation is 2. The van der Waals surface area contributed by atoms with E-state index in [9.17, 15) is 9.59 Å². The standard InChI is InChI=1S/C20H18N2O4/c1-13-8-6-7-11-16(13)21-17(23)12-25-20(24)18-14(2)26-19(22-18)15-9-4-3-5-10-15/h3-11H,12H2,1-2H3,(H,21,23). The van der Waals surface area contributed by atoms with Gasteiger partial charge in [0.05, 0.1) is 0 Å². The highest BCUT2D eigenvalue weighted by atomic mass is 16.5. The molecule has 0 atom stereocenters. The molecule has 0 radical (unpaired) electrons. The molecule has 0 aliphatic heterocycles. The van der Waals surface area contributed by atoms with Gasteiger partial charge in [0.25, 0.3) is 5.91 Å². The first kappa shape index (κ1) is 17.4. The molecule has 0 fully saturated rings. The molecule has 132 valence electrons. The Hall–Kier alpha value is -3.41. The summed E-state index contributed by atoms with van der Waals surface area (Å²) in [6.45, 7) is 3.11. The molecule has 3 aromatic rings. The highest BCUT2D eigenvalue weighted by Crippen LogP contribution is 2.21. The predicted octanol–water partition coefficient (Wildman–Crippen LogP) is 3.75. The van der Waals surface area contributed by atoms with Gasteiger partial charge in [-0.05, 0) is 37.6 Å². The van der Waals surface area contributed by atoms with Crippen LogP contribution in [0.4, 0.5) is 5.69 Å². The molecule has 1 amide bonds. The lowest BCUT2D eigenvalue weighted by Gasteiger charge is -2.08. The van der Waals surface area contributed by atoms with Crippen LogP contribution in [0, 0.1) is 13.8 Å². The van der Waals surface area contributed by atoms with Gasteiger partial charge in [-0.15, -0.1) is 0 Å². The molecule has 0 unspecified atom stereocenters. The van der Waals surface area contributed by atoms with E-state index in [0.29, 0.717) is 17.3 Å². The average Bonchev–Trinajstić information content (AvgIpc) is 3.04. The van der Waals surface area contributed by atoms with Gasteiger partial charge in [0.1, 0.15) is 5.76 Å². The molecule has 3 rings (SSSR count). The number of anilines is 1. The molecule has 0 bridgehead atoms. The van der Waals surface area contributed by atoms with Crippen LogP contribution in [0.3, 0.4) is 0 Å². The third kappa shape index (κ3) is 3.97. The van der Waals surface area contributed by atoms with Crippen molar-refractivity contribution < 1.29 is 18.7 Å². The molecule has 0 aliphatic carbocycles. The van der Waals surface area contributed by atoms with E-state index < -0.39 is 18.5 Å². The molecule has 0 spiro atoms. The minimum atomic E-state index is -0.701. The SMILES string of the molecule is Cc1ccccc1NC(=O)COC(=O)c1nc(-c2ccccc2)oc1C. The van der Waals surface area contributed by atoms with Crippen molar-refractivity contribution in [1.82, 2.24) is 4.98 Å². The lowest BCUT2D eigenvalue weighted by atomic mass is 10.2. The number of oxazole rings is 1. The largest absolute Gasteiger partial charge is 0.451 e. The van der Waals surface area contributed by atoms with Crippen LogP contribution in [0.15, 0.2) is 59.0 Å². The van der Waals surface area contributed by atoms with Crippen molar-refractivity contribution in [3.05, 3.63) is 71.6 Å². The Morgan fingerprint density at radius 3 is 2.46 bits per heavy atom.